The first-order valence-electron chi connectivity index (χ1n) is 9.94. The molecule has 8 nitrogen and oxygen atoms in total. The van der Waals surface area contributed by atoms with Gasteiger partial charge in [-0.3, -0.25) is 14.2 Å². The molecule has 4 aromatic rings. The molecule has 0 unspecified atom stereocenters. The molecular formula is C22H24BrN7O. The van der Waals surface area contributed by atoms with Gasteiger partial charge in [0.1, 0.15) is 6.67 Å². The number of hydrogen-bond donors (Lipinski definition) is 1. The van der Waals surface area contributed by atoms with E-state index in [1.54, 1.807) is 16.9 Å². The first-order chi connectivity index (χ1) is 14.8. The van der Waals surface area contributed by atoms with Gasteiger partial charge in [0.25, 0.3) is 5.91 Å². The van der Waals surface area contributed by atoms with E-state index in [0.717, 1.165) is 38.5 Å². The first-order valence-corrected chi connectivity index (χ1v) is 10.7. The third kappa shape index (κ3) is 4.61. The maximum absolute atomic E-state index is 12.7. The molecular weight excluding hydrogens is 458 g/mol. The van der Waals surface area contributed by atoms with Crippen molar-refractivity contribution in [2.45, 2.75) is 40.9 Å². The molecule has 3 aromatic heterocycles. The van der Waals surface area contributed by atoms with Gasteiger partial charge in [-0.25, -0.2) is 4.68 Å². The third-order valence-corrected chi connectivity index (χ3v) is 6.21. The zero-order valence-electron chi connectivity index (χ0n) is 17.9. The van der Waals surface area contributed by atoms with Crippen LogP contribution >= 0.6 is 15.9 Å². The maximum Gasteiger partial charge on any atom is 0.276 e. The molecule has 0 atom stereocenters. The summed E-state index contributed by atoms with van der Waals surface area (Å²) in [5.41, 5.74) is 6.15. The molecule has 0 spiro atoms. The van der Waals surface area contributed by atoms with Crippen molar-refractivity contribution in [1.29, 1.82) is 0 Å². The number of carbonyl (C=O) groups excluding carboxylic acids is 1. The predicted molar refractivity (Wildman–Crippen MR) is 122 cm³/mol. The number of amides is 1. The fourth-order valence-electron chi connectivity index (χ4n) is 3.46. The second kappa shape index (κ2) is 8.50. The smallest absolute Gasteiger partial charge is 0.276 e. The van der Waals surface area contributed by atoms with Crippen LogP contribution in [0.3, 0.4) is 0 Å². The average Bonchev–Trinajstić information content (AvgIpc) is 3.38. The zero-order chi connectivity index (χ0) is 22.1. The summed E-state index contributed by atoms with van der Waals surface area (Å²) in [4.78, 5) is 12.7. The first kappa shape index (κ1) is 21.0. The summed E-state index contributed by atoms with van der Waals surface area (Å²) in [7, 11) is 0. The standard InChI is InChI=1S/C22H24BrN7O/c1-14-10-15(2)30(25-14)13-28-9-8-20(27-28)22(31)24-19-7-5-6-18(11-19)12-29-17(4)21(23)16(3)26-29/h5-11H,12-13H2,1-4H3,(H,24,31). The number of carbonyl (C=O) groups is 1. The molecule has 0 fully saturated rings. The number of nitrogens with zero attached hydrogens (tertiary/aromatic N) is 6. The van der Waals surface area contributed by atoms with E-state index in [-0.39, 0.29) is 5.91 Å². The van der Waals surface area contributed by atoms with E-state index in [1.807, 2.05) is 67.4 Å². The summed E-state index contributed by atoms with van der Waals surface area (Å²) < 4.78 is 6.52. The van der Waals surface area contributed by atoms with Gasteiger partial charge in [-0.1, -0.05) is 12.1 Å². The highest BCUT2D eigenvalue weighted by Gasteiger charge is 2.12. The average molecular weight is 482 g/mol. The van der Waals surface area contributed by atoms with Crippen LogP contribution in [0.5, 0.6) is 0 Å². The van der Waals surface area contributed by atoms with Gasteiger partial charge in [-0.05, 0) is 73.5 Å². The Morgan fingerprint density at radius 3 is 2.52 bits per heavy atom. The van der Waals surface area contributed by atoms with Gasteiger partial charge in [-0.15, -0.1) is 0 Å². The highest BCUT2D eigenvalue weighted by molar-refractivity contribution is 9.10. The monoisotopic (exact) mass is 481 g/mol. The van der Waals surface area contributed by atoms with Gasteiger partial charge >= 0.3 is 0 Å². The zero-order valence-corrected chi connectivity index (χ0v) is 19.5. The molecule has 1 N–H and O–H groups in total. The fourth-order valence-corrected chi connectivity index (χ4v) is 3.75. The Kier molecular flexibility index (Phi) is 5.77. The van der Waals surface area contributed by atoms with Gasteiger partial charge in [0.2, 0.25) is 0 Å². The van der Waals surface area contributed by atoms with Crippen LogP contribution in [0.1, 0.15) is 38.8 Å². The number of nitrogens with one attached hydrogen (secondary N) is 1. The minimum atomic E-state index is -0.252. The Balaban J connectivity index is 1.44. The van der Waals surface area contributed by atoms with Gasteiger partial charge < -0.3 is 5.32 Å². The van der Waals surface area contributed by atoms with Crippen molar-refractivity contribution in [1.82, 2.24) is 29.3 Å². The molecule has 0 aliphatic rings. The van der Waals surface area contributed by atoms with Crippen LogP contribution in [0.25, 0.3) is 0 Å². The molecule has 4 rings (SSSR count). The second-order valence-electron chi connectivity index (χ2n) is 7.61. The molecule has 3 heterocycles. The number of aromatic nitrogens is 6. The van der Waals surface area contributed by atoms with E-state index in [1.165, 1.54) is 0 Å². The number of hydrogen-bond acceptors (Lipinski definition) is 4. The summed E-state index contributed by atoms with van der Waals surface area (Å²) in [6.45, 7) is 9.03. The summed E-state index contributed by atoms with van der Waals surface area (Å²) >= 11 is 3.56. The van der Waals surface area contributed by atoms with Crippen LogP contribution in [0, 0.1) is 27.7 Å². The van der Waals surface area contributed by atoms with Crippen LogP contribution < -0.4 is 5.32 Å². The van der Waals surface area contributed by atoms with Crippen molar-refractivity contribution in [2.75, 3.05) is 5.32 Å². The number of anilines is 1. The number of rotatable bonds is 6. The Morgan fingerprint density at radius 2 is 1.84 bits per heavy atom. The summed E-state index contributed by atoms with van der Waals surface area (Å²) in [6.07, 6.45) is 1.78. The summed E-state index contributed by atoms with van der Waals surface area (Å²) in [5, 5.41) is 16.3. The van der Waals surface area contributed by atoms with Gasteiger partial charge in [0.05, 0.1) is 28.1 Å². The Hall–Kier alpha value is -3.20. The predicted octanol–water partition coefficient (Wildman–Crippen LogP) is 4.08. The Morgan fingerprint density at radius 1 is 1.03 bits per heavy atom. The lowest BCUT2D eigenvalue weighted by atomic mass is 10.2. The van der Waals surface area contributed by atoms with Crippen LogP contribution in [-0.2, 0) is 13.2 Å². The molecule has 0 aliphatic heterocycles. The minimum Gasteiger partial charge on any atom is -0.321 e. The Labute approximate surface area is 189 Å². The third-order valence-electron chi connectivity index (χ3n) is 5.07. The lowest BCUT2D eigenvalue weighted by Gasteiger charge is -2.08. The highest BCUT2D eigenvalue weighted by Crippen LogP contribution is 2.21. The molecule has 0 saturated heterocycles. The lowest BCUT2D eigenvalue weighted by molar-refractivity contribution is 0.102. The number of benzene rings is 1. The van der Waals surface area contributed by atoms with Crippen molar-refractivity contribution in [3.05, 3.63) is 81.1 Å². The molecule has 0 saturated carbocycles. The van der Waals surface area contributed by atoms with Crippen molar-refractivity contribution in [2.24, 2.45) is 0 Å². The van der Waals surface area contributed by atoms with Crippen LogP contribution in [0.4, 0.5) is 5.69 Å². The number of halogens is 1. The molecule has 31 heavy (non-hydrogen) atoms. The van der Waals surface area contributed by atoms with Crippen LogP contribution in [-0.4, -0.2) is 35.2 Å². The maximum atomic E-state index is 12.7. The van der Waals surface area contributed by atoms with Crippen LogP contribution in [0.2, 0.25) is 0 Å². The van der Waals surface area contributed by atoms with E-state index in [9.17, 15) is 4.79 Å². The van der Waals surface area contributed by atoms with E-state index >= 15 is 0 Å². The lowest BCUT2D eigenvalue weighted by Crippen LogP contribution is -2.16. The molecule has 1 amide bonds. The van der Waals surface area contributed by atoms with E-state index in [2.05, 4.69) is 36.5 Å². The molecule has 0 radical (unpaired) electrons. The SMILES string of the molecule is Cc1cc(C)n(Cn2ccc(C(=O)Nc3cccc(Cn4nc(C)c(Br)c4C)c3)n2)n1. The van der Waals surface area contributed by atoms with Gasteiger partial charge in [-0.2, -0.15) is 15.3 Å². The fraction of sp³-hybridized carbons (Fsp3) is 0.273. The minimum absolute atomic E-state index is 0.252. The van der Waals surface area contributed by atoms with E-state index in [4.69, 9.17) is 0 Å². The van der Waals surface area contributed by atoms with E-state index < -0.39 is 0 Å². The van der Waals surface area contributed by atoms with Crippen molar-refractivity contribution < 1.29 is 4.79 Å². The highest BCUT2D eigenvalue weighted by atomic mass is 79.9. The van der Waals surface area contributed by atoms with E-state index in [0.29, 0.717) is 18.9 Å². The number of aryl methyl sites for hydroxylation is 3. The normalized spacial score (nSPS) is 11.1. The molecule has 0 bridgehead atoms. The van der Waals surface area contributed by atoms with Crippen molar-refractivity contribution >= 4 is 27.5 Å². The van der Waals surface area contributed by atoms with Crippen LogP contribution in [0.15, 0.2) is 47.1 Å². The second-order valence-corrected chi connectivity index (χ2v) is 8.40. The Bertz CT molecular complexity index is 1250. The topological polar surface area (TPSA) is 82.6 Å². The molecule has 1 aromatic carbocycles. The summed E-state index contributed by atoms with van der Waals surface area (Å²) in [5.74, 6) is -0.252. The largest absolute Gasteiger partial charge is 0.321 e. The molecule has 160 valence electrons. The van der Waals surface area contributed by atoms with Gasteiger partial charge in [0, 0.05) is 17.6 Å². The van der Waals surface area contributed by atoms with Crippen molar-refractivity contribution in [3.63, 3.8) is 0 Å². The van der Waals surface area contributed by atoms with Gasteiger partial charge in [0.15, 0.2) is 5.69 Å². The molecule has 9 heteroatoms. The van der Waals surface area contributed by atoms with Crippen molar-refractivity contribution in [3.8, 4) is 0 Å². The quantitative estimate of drug-likeness (QED) is 0.449. The molecule has 0 aliphatic carbocycles. The summed E-state index contributed by atoms with van der Waals surface area (Å²) in [6, 6.07) is 11.5.